The summed E-state index contributed by atoms with van der Waals surface area (Å²) in [5.74, 6) is 0.207. The summed E-state index contributed by atoms with van der Waals surface area (Å²) in [7, 11) is -1.20. The van der Waals surface area contributed by atoms with Crippen LogP contribution >= 0.6 is 11.6 Å². The number of methoxy groups -OCH3 is 1. The Morgan fingerprint density at radius 3 is 2.79 bits per heavy atom. The van der Waals surface area contributed by atoms with E-state index >= 15 is 0 Å². The summed E-state index contributed by atoms with van der Waals surface area (Å²) in [6, 6.07) is -0.421. The minimum Gasteiger partial charge on any atom is -0.428 e. The molecular weight excluding hydrogens is 296 g/mol. The van der Waals surface area contributed by atoms with Gasteiger partial charge in [-0.15, -0.1) is 4.72 Å². The number of pyridine rings is 1. The Bertz CT molecular complexity index is 608. The highest BCUT2D eigenvalue weighted by Crippen LogP contribution is 2.23. The first-order valence-electron chi connectivity index (χ1n) is 5.04. The van der Waals surface area contributed by atoms with E-state index in [1.54, 1.807) is 0 Å². The van der Waals surface area contributed by atoms with Gasteiger partial charge in [-0.1, -0.05) is 11.6 Å². The Morgan fingerprint density at radius 1 is 1.47 bits per heavy atom. The molecule has 19 heavy (non-hydrogen) atoms. The summed E-state index contributed by atoms with van der Waals surface area (Å²) < 4.78 is 36.9. The van der Waals surface area contributed by atoms with E-state index in [2.05, 4.69) is 14.7 Å². The lowest BCUT2D eigenvalue weighted by molar-refractivity contribution is -0.167. The lowest BCUT2D eigenvalue weighted by Gasteiger charge is -2.33. The van der Waals surface area contributed by atoms with Gasteiger partial charge < -0.3 is 9.47 Å². The van der Waals surface area contributed by atoms with E-state index in [1.165, 1.54) is 32.6 Å². The second kappa shape index (κ2) is 4.93. The van der Waals surface area contributed by atoms with E-state index in [4.69, 9.17) is 21.1 Å². The van der Waals surface area contributed by atoms with Crippen LogP contribution in [0.5, 0.6) is 5.75 Å². The first-order chi connectivity index (χ1) is 8.87. The van der Waals surface area contributed by atoms with E-state index in [0.717, 1.165) is 10.6 Å². The lowest BCUT2D eigenvalue weighted by atomic mass is 10.4. The summed E-state index contributed by atoms with van der Waals surface area (Å²) in [5.41, 5.74) is 0. The molecule has 0 saturated heterocycles. The minimum atomic E-state index is -3.78. The van der Waals surface area contributed by atoms with E-state index < -0.39 is 16.2 Å². The summed E-state index contributed by atoms with van der Waals surface area (Å²) in [4.78, 5) is 7.69. The van der Waals surface area contributed by atoms with Crippen LogP contribution in [0.2, 0.25) is 5.02 Å². The molecule has 1 aliphatic rings. The number of aliphatic imine (C=N–C) groups is 1. The maximum absolute atomic E-state index is 11.7. The standard InChI is InChI=1S/C9H11ClN4O4S/c1-14-6-12-9(17-2,13-19(14,15)16)18-8-3-7(10)4-11-5-8/h3-6,13H,1-2H3. The fraction of sp³-hybridized carbons (Fsp3) is 0.333. The summed E-state index contributed by atoms with van der Waals surface area (Å²) in [5, 5.41) is 0.337. The largest absolute Gasteiger partial charge is 0.428 e. The van der Waals surface area contributed by atoms with Crippen molar-refractivity contribution in [2.45, 2.75) is 6.03 Å². The number of hydrogen-bond donors (Lipinski definition) is 1. The summed E-state index contributed by atoms with van der Waals surface area (Å²) >= 11 is 5.76. The molecule has 1 aromatic rings. The quantitative estimate of drug-likeness (QED) is 0.804. The average Bonchev–Trinajstić information content (AvgIpc) is 2.34. The first kappa shape index (κ1) is 14.0. The third-order valence-corrected chi connectivity index (χ3v) is 3.82. The molecule has 2 heterocycles. The third-order valence-electron chi connectivity index (χ3n) is 2.24. The van der Waals surface area contributed by atoms with Gasteiger partial charge in [0.2, 0.25) is 0 Å². The molecule has 1 aliphatic heterocycles. The second-order valence-electron chi connectivity index (χ2n) is 3.59. The molecule has 1 atom stereocenters. The average molecular weight is 307 g/mol. The van der Waals surface area contributed by atoms with E-state index in [-0.39, 0.29) is 5.75 Å². The van der Waals surface area contributed by atoms with Gasteiger partial charge in [0, 0.05) is 26.4 Å². The highest BCUT2D eigenvalue weighted by molar-refractivity contribution is 7.87. The molecular formula is C9H11ClN4O4S. The number of hydrogen-bond acceptors (Lipinski definition) is 6. The zero-order valence-corrected chi connectivity index (χ0v) is 11.6. The van der Waals surface area contributed by atoms with Gasteiger partial charge >= 0.3 is 16.2 Å². The van der Waals surface area contributed by atoms with E-state index in [1.807, 2.05) is 0 Å². The molecule has 8 nitrogen and oxygen atoms in total. The van der Waals surface area contributed by atoms with Crippen molar-refractivity contribution in [3.8, 4) is 5.75 Å². The molecule has 10 heteroatoms. The lowest BCUT2D eigenvalue weighted by Crippen LogP contribution is -2.59. The summed E-state index contributed by atoms with van der Waals surface area (Å²) in [6.45, 7) is 0. The Labute approximate surface area is 115 Å². The van der Waals surface area contributed by atoms with E-state index in [9.17, 15) is 8.42 Å². The van der Waals surface area contributed by atoms with Crippen LogP contribution in [0.3, 0.4) is 0 Å². The molecule has 0 aromatic carbocycles. The van der Waals surface area contributed by atoms with Crippen LogP contribution in [0.1, 0.15) is 0 Å². The zero-order valence-electron chi connectivity index (χ0n) is 10.1. The van der Waals surface area contributed by atoms with Crippen molar-refractivity contribution in [2.75, 3.05) is 14.2 Å². The van der Waals surface area contributed by atoms with Crippen molar-refractivity contribution in [3.63, 3.8) is 0 Å². The van der Waals surface area contributed by atoms with Crippen LogP contribution < -0.4 is 9.46 Å². The second-order valence-corrected chi connectivity index (χ2v) is 5.76. The van der Waals surface area contributed by atoms with Gasteiger partial charge in [-0.2, -0.15) is 13.4 Å². The molecule has 0 bridgehead atoms. The molecule has 0 radical (unpaired) electrons. The number of nitrogens with zero attached hydrogens (tertiary/aromatic N) is 3. The SMILES string of the molecule is COC1(Oc2cncc(Cl)c2)N=CN(C)S(=O)(=O)N1. The molecule has 104 valence electrons. The maximum Gasteiger partial charge on any atom is 0.396 e. The molecule has 1 unspecified atom stereocenters. The third kappa shape index (κ3) is 2.95. The van der Waals surface area contributed by atoms with Gasteiger partial charge in [0.15, 0.2) is 0 Å². The number of rotatable bonds is 3. The number of ether oxygens (including phenoxy) is 2. The molecule has 1 N–H and O–H groups in total. The topological polar surface area (TPSA) is 93.1 Å². The fourth-order valence-electron chi connectivity index (χ4n) is 1.27. The van der Waals surface area contributed by atoms with E-state index in [0.29, 0.717) is 5.02 Å². The monoisotopic (exact) mass is 306 g/mol. The van der Waals surface area contributed by atoms with Gasteiger partial charge in [-0.05, 0) is 0 Å². The highest BCUT2D eigenvalue weighted by atomic mass is 35.5. The molecule has 0 fully saturated rings. The van der Waals surface area contributed by atoms with Crippen LogP contribution in [0.4, 0.5) is 0 Å². The van der Waals surface area contributed by atoms with Crippen LogP contribution in [-0.4, -0.2) is 44.2 Å². The Morgan fingerprint density at radius 2 is 2.21 bits per heavy atom. The Kier molecular flexibility index (Phi) is 3.63. The Balaban J connectivity index is 2.32. The van der Waals surface area contributed by atoms with Crippen molar-refractivity contribution in [1.29, 1.82) is 0 Å². The van der Waals surface area contributed by atoms with Crippen molar-refractivity contribution >= 4 is 28.1 Å². The normalized spacial score (nSPS) is 25.3. The predicted molar refractivity (Wildman–Crippen MR) is 67.9 cm³/mol. The van der Waals surface area contributed by atoms with Gasteiger partial charge in [0.25, 0.3) is 0 Å². The summed E-state index contributed by atoms with van der Waals surface area (Å²) in [6.07, 6.45) is 3.85. The highest BCUT2D eigenvalue weighted by Gasteiger charge is 2.42. The van der Waals surface area contributed by atoms with Crippen molar-refractivity contribution in [3.05, 3.63) is 23.5 Å². The van der Waals surface area contributed by atoms with Crippen LogP contribution in [0.15, 0.2) is 23.5 Å². The van der Waals surface area contributed by atoms with Crippen LogP contribution in [-0.2, 0) is 14.9 Å². The number of halogens is 1. The van der Waals surface area contributed by atoms with Crippen molar-refractivity contribution in [2.24, 2.45) is 4.99 Å². The predicted octanol–water partition coefficient (Wildman–Crippen LogP) is 0.180. The molecule has 1 aromatic heterocycles. The minimum absolute atomic E-state index is 0.207. The zero-order chi connectivity index (χ0) is 14.1. The fourth-order valence-corrected chi connectivity index (χ4v) is 2.25. The first-order valence-corrected chi connectivity index (χ1v) is 6.86. The molecule has 2 rings (SSSR count). The van der Waals surface area contributed by atoms with Gasteiger partial charge in [-0.25, -0.2) is 0 Å². The molecule has 0 spiro atoms. The smallest absolute Gasteiger partial charge is 0.396 e. The Hall–Kier alpha value is -1.42. The van der Waals surface area contributed by atoms with Crippen LogP contribution in [0, 0.1) is 0 Å². The van der Waals surface area contributed by atoms with Crippen molar-refractivity contribution < 1.29 is 17.9 Å². The van der Waals surface area contributed by atoms with Gasteiger partial charge in [-0.3, -0.25) is 9.29 Å². The number of nitrogens with one attached hydrogen (secondary N) is 1. The number of aromatic nitrogens is 1. The van der Waals surface area contributed by atoms with Gasteiger partial charge in [0.1, 0.15) is 12.1 Å². The maximum atomic E-state index is 11.7. The molecule has 0 aliphatic carbocycles. The van der Waals surface area contributed by atoms with Crippen molar-refractivity contribution in [1.82, 2.24) is 14.0 Å². The molecule has 0 saturated carbocycles. The molecule has 0 amide bonds. The van der Waals surface area contributed by atoms with Gasteiger partial charge in [0.05, 0.1) is 11.2 Å². The van der Waals surface area contributed by atoms with Crippen LogP contribution in [0.25, 0.3) is 0 Å².